The van der Waals surface area contributed by atoms with E-state index in [1.807, 2.05) is 75.5 Å². The monoisotopic (exact) mass is 731 g/mol. The van der Waals surface area contributed by atoms with Gasteiger partial charge in [-0.15, -0.1) is 6.58 Å². The van der Waals surface area contributed by atoms with Crippen LogP contribution in [-0.2, 0) is 9.59 Å². The summed E-state index contributed by atoms with van der Waals surface area (Å²) in [7, 11) is -3.07. The third-order valence-corrected chi connectivity index (χ3v) is 14.4. The van der Waals surface area contributed by atoms with E-state index in [1.165, 1.54) is 141 Å². The van der Waals surface area contributed by atoms with Crippen molar-refractivity contribution in [1.29, 1.82) is 0 Å². The van der Waals surface area contributed by atoms with E-state index in [-0.39, 0.29) is 11.8 Å². The van der Waals surface area contributed by atoms with E-state index in [0.29, 0.717) is 12.8 Å². The molecule has 0 bridgehead atoms. The molecule has 0 heterocycles. The van der Waals surface area contributed by atoms with Crippen LogP contribution in [0.1, 0.15) is 194 Å². The van der Waals surface area contributed by atoms with E-state index in [4.69, 9.17) is 0 Å². The smallest absolute Gasteiger partial charge is 0.300 e. The number of unbranched alkanes of at least 4 members (excludes halogenated alkanes) is 24. The molecule has 0 spiro atoms. The topological polar surface area (TPSA) is 40.6 Å². The number of para-hydroxylation sites is 2. The van der Waals surface area contributed by atoms with E-state index in [9.17, 15) is 9.59 Å². The Morgan fingerprint density at radius 3 is 0.962 bits per heavy atom. The number of rotatable bonds is 33. The van der Waals surface area contributed by atoms with Crippen molar-refractivity contribution in [2.75, 3.05) is 9.13 Å². The Labute approximate surface area is 322 Å². The van der Waals surface area contributed by atoms with Gasteiger partial charge < -0.3 is 9.13 Å². The molecule has 0 aliphatic heterocycles. The van der Waals surface area contributed by atoms with Crippen molar-refractivity contribution in [3.63, 3.8) is 0 Å². The van der Waals surface area contributed by atoms with Crippen molar-refractivity contribution in [3.8, 4) is 0 Å². The molecule has 292 valence electrons. The summed E-state index contributed by atoms with van der Waals surface area (Å²) in [6.45, 7) is 11.0. The Bertz CT molecular complexity index is 1080. The number of hydrogen-bond acceptors (Lipinski definition) is 2. The maximum Gasteiger partial charge on any atom is 0.300 e. The van der Waals surface area contributed by atoms with E-state index in [2.05, 4.69) is 27.0 Å². The lowest BCUT2D eigenvalue weighted by atomic mass is 10.0. The molecule has 0 radical (unpaired) electrons. The molecule has 2 rings (SSSR count). The fourth-order valence-electron chi connectivity index (χ4n) is 7.56. The molecule has 5 heteroatoms. The SMILES string of the molecule is C=C[Si](C)(N(C(=O)CCCCCCCCCCCCCCC)c1ccccc1)N(C(=O)CCCCCCCCCCCCCCC)c1ccccc1. The highest BCUT2D eigenvalue weighted by Gasteiger charge is 2.45. The first-order chi connectivity index (χ1) is 25.5. The van der Waals surface area contributed by atoms with Crippen molar-refractivity contribution < 1.29 is 9.59 Å². The molecule has 52 heavy (non-hydrogen) atoms. The van der Waals surface area contributed by atoms with Crippen LogP contribution in [0, 0.1) is 0 Å². The second-order valence-electron chi connectivity index (χ2n) is 15.4. The van der Waals surface area contributed by atoms with Gasteiger partial charge in [-0.3, -0.25) is 9.59 Å². The van der Waals surface area contributed by atoms with Gasteiger partial charge in [0.15, 0.2) is 0 Å². The van der Waals surface area contributed by atoms with E-state index in [0.717, 1.165) is 37.1 Å². The van der Waals surface area contributed by atoms with Crippen LogP contribution >= 0.6 is 0 Å². The minimum absolute atomic E-state index is 0.0954. The van der Waals surface area contributed by atoms with Gasteiger partial charge in [-0.25, -0.2) is 0 Å². The fourth-order valence-corrected chi connectivity index (χ4v) is 10.7. The summed E-state index contributed by atoms with van der Waals surface area (Å²) in [6.07, 6.45) is 34.2. The van der Waals surface area contributed by atoms with Gasteiger partial charge in [-0.2, -0.15) is 0 Å². The molecule has 4 nitrogen and oxygen atoms in total. The third kappa shape index (κ3) is 18.4. The molecule has 0 aliphatic carbocycles. The Morgan fingerprint density at radius 2 is 0.712 bits per heavy atom. The average molecular weight is 731 g/mol. The molecule has 0 N–H and O–H groups in total. The highest BCUT2D eigenvalue weighted by atomic mass is 28.3. The molecule has 0 fully saturated rings. The quantitative estimate of drug-likeness (QED) is 0.0542. The predicted molar refractivity (Wildman–Crippen MR) is 230 cm³/mol. The maximum atomic E-state index is 14.3. The largest absolute Gasteiger partial charge is 0.317 e. The number of carbonyl (C=O) groups is 2. The normalized spacial score (nSPS) is 11.4. The second kappa shape index (κ2) is 29.8. The van der Waals surface area contributed by atoms with E-state index in [1.54, 1.807) is 0 Å². The number of anilines is 2. The minimum Gasteiger partial charge on any atom is -0.317 e. The van der Waals surface area contributed by atoms with Gasteiger partial charge in [0, 0.05) is 24.2 Å². The van der Waals surface area contributed by atoms with Crippen LogP contribution in [0.5, 0.6) is 0 Å². The van der Waals surface area contributed by atoms with Gasteiger partial charge in [-0.1, -0.05) is 210 Å². The first-order valence-corrected chi connectivity index (χ1v) is 24.4. The summed E-state index contributed by atoms with van der Waals surface area (Å²) in [5.74, 6) is 0.191. The van der Waals surface area contributed by atoms with Gasteiger partial charge >= 0.3 is 0 Å². The van der Waals surface area contributed by atoms with Crippen LogP contribution < -0.4 is 9.13 Å². The molecule has 2 aromatic carbocycles. The lowest BCUT2D eigenvalue weighted by Crippen LogP contribution is -2.67. The van der Waals surface area contributed by atoms with Crippen LogP contribution in [0.25, 0.3) is 0 Å². The second-order valence-corrected chi connectivity index (χ2v) is 18.9. The number of nitrogens with zero attached hydrogens (tertiary/aromatic N) is 2. The Hall–Kier alpha value is -2.66. The summed E-state index contributed by atoms with van der Waals surface area (Å²) >= 11 is 0. The molecule has 0 unspecified atom stereocenters. The third-order valence-electron chi connectivity index (χ3n) is 10.8. The molecular formula is C47H78N2O2Si. The first-order valence-electron chi connectivity index (χ1n) is 21.9. The zero-order chi connectivity index (χ0) is 37.5. The van der Waals surface area contributed by atoms with Crippen LogP contribution in [0.2, 0.25) is 6.55 Å². The summed E-state index contributed by atoms with van der Waals surface area (Å²) in [5, 5.41) is 0. The van der Waals surface area contributed by atoms with Crippen molar-refractivity contribution in [2.45, 2.75) is 200 Å². The van der Waals surface area contributed by atoms with Crippen molar-refractivity contribution in [1.82, 2.24) is 0 Å². The highest BCUT2D eigenvalue weighted by Crippen LogP contribution is 2.32. The van der Waals surface area contributed by atoms with Crippen molar-refractivity contribution in [3.05, 3.63) is 72.9 Å². The van der Waals surface area contributed by atoms with Crippen LogP contribution in [0.15, 0.2) is 72.9 Å². The molecule has 2 aromatic rings. The molecular weight excluding hydrogens is 653 g/mol. The van der Waals surface area contributed by atoms with Crippen LogP contribution in [-0.4, -0.2) is 20.2 Å². The number of benzene rings is 2. The van der Waals surface area contributed by atoms with Crippen LogP contribution in [0.3, 0.4) is 0 Å². The van der Waals surface area contributed by atoms with Gasteiger partial charge in [0.25, 0.3) is 8.40 Å². The zero-order valence-corrected chi connectivity index (χ0v) is 35.1. The van der Waals surface area contributed by atoms with Crippen LogP contribution in [0.4, 0.5) is 11.4 Å². The van der Waals surface area contributed by atoms with Gasteiger partial charge in [0.1, 0.15) is 0 Å². The summed E-state index contributed by atoms with van der Waals surface area (Å²) in [5.41, 5.74) is 3.63. The fraction of sp³-hybridized carbons (Fsp3) is 0.660. The van der Waals surface area contributed by atoms with E-state index < -0.39 is 8.40 Å². The molecule has 0 saturated carbocycles. The lowest BCUT2D eigenvalue weighted by molar-refractivity contribution is -0.117. The van der Waals surface area contributed by atoms with E-state index >= 15 is 0 Å². The molecule has 0 saturated heterocycles. The Morgan fingerprint density at radius 1 is 0.462 bits per heavy atom. The number of hydrogen-bond donors (Lipinski definition) is 0. The number of amides is 2. The minimum atomic E-state index is -3.07. The first kappa shape index (κ1) is 45.5. The predicted octanol–water partition coefficient (Wildman–Crippen LogP) is 14.8. The Kier molecular flexibility index (Phi) is 26.0. The van der Waals surface area contributed by atoms with Gasteiger partial charge in [0.2, 0.25) is 11.8 Å². The number of carbonyl (C=O) groups excluding carboxylic acids is 2. The maximum absolute atomic E-state index is 14.3. The Balaban J connectivity index is 1.94. The standard InChI is InChI=1S/C47H78N2O2Si/c1-5-8-10-12-14-16-18-20-22-24-26-28-36-42-46(50)48(44-38-32-30-33-39-44)52(4,7-3)49(45-40-34-31-35-41-45)47(51)43-37-29-27-25-23-21-19-17-15-13-11-9-6-2/h7,30-35,38-41H,3,5-6,8-29,36-37,42-43H2,1-2,4H3. The molecule has 0 atom stereocenters. The molecule has 0 aromatic heterocycles. The molecule has 2 amide bonds. The van der Waals surface area contributed by atoms with Gasteiger partial charge in [0.05, 0.1) is 0 Å². The average Bonchev–Trinajstić information content (AvgIpc) is 3.16. The summed E-state index contributed by atoms with van der Waals surface area (Å²) in [6, 6.07) is 20.0. The highest BCUT2D eigenvalue weighted by molar-refractivity contribution is 6.94. The van der Waals surface area contributed by atoms with Crippen molar-refractivity contribution in [2.24, 2.45) is 0 Å². The summed E-state index contributed by atoms with van der Waals surface area (Å²) < 4.78 is 3.93. The lowest BCUT2D eigenvalue weighted by Gasteiger charge is -2.45. The molecule has 0 aliphatic rings. The van der Waals surface area contributed by atoms with Crippen molar-refractivity contribution >= 4 is 31.6 Å². The van der Waals surface area contributed by atoms with Gasteiger partial charge in [-0.05, 0) is 43.7 Å². The zero-order valence-electron chi connectivity index (χ0n) is 34.1. The summed E-state index contributed by atoms with van der Waals surface area (Å²) in [4.78, 5) is 28.5.